The first-order valence-corrected chi connectivity index (χ1v) is 7.13. The molecule has 1 aromatic carbocycles. The highest BCUT2D eigenvalue weighted by Gasteiger charge is 2.20. The van der Waals surface area contributed by atoms with Crippen molar-refractivity contribution in [1.29, 1.82) is 0 Å². The summed E-state index contributed by atoms with van der Waals surface area (Å²) in [5.74, 6) is 0.219. The van der Waals surface area contributed by atoms with Crippen LogP contribution in [0.5, 0.6) is 0 Å². The zero-order valence-corrected chi connectivity index (χ0v) is 12.6. The van der Waals surface area contributed by atoms with Crippen molar-refractivity contribution in [3.8, 4) is 0 Å². The van der Waals surface area contributed by atoms with Gasteiger partial charge in [-0.2, -0.15) is 0 Å². The molecular formula is C16H26N2O2. The Bertz CT molecular complexity index is 393. The molecule has 0 saturated heterocycles. The van der Waals surface area contributed by atoms with Gasteiger partial charge in [0, 0.05) is 7.11 Å². The van der Waals surface area contributed by atoms with E-state index in [2.05, 4.69) is 19.2 Å². The van der Waals surface area contributed by atoms with Crippen LogP contribution in [0.3, 0.4) is 0 Å². The molecule has 0 bridgehead atoms. The van der Waals surface area contributed by atoms with Crippen molar-refractivity contribution >= 4 is 5.91 Å². The number of methoxy groups -OCH3 is 1. The lowest BCUT2D eigenvalue weighted by molar-refractivity contribution is -0.123. The third-order valence-corrected chi connectivity index (χ3v) is 3.40. The molecule has 0 heterocycles. The van der Waals surface area contributed by atoms with Gasteiger partial charge in [-0.05, 0) is 24.3 Å². The summed E-state index contributed by atoms with van der Waals surface area (Å²) in [6.45, 7) is 4.62. The number of amides is 1. The highest BCUT2D eigenvalue weighted by molar-refractivity contribution is 5.81. The van der Waals surface area contributed by atoms with Crippen LogP contribution >= 0.6 is 0 Å². The number of ether oxygens (including phenoxy) is 1. The van der Waals surface area contributed by atoms with Crippen LogP contribution in [0.2, 0.25) is 0 Å². The molecule has 1 rings (SSSR count). The van der Waals surface area contributed by atoms with Crippen molar-refractivity contribution in [2.75, 3.05) is 13.7 Å². The van der Waals surface area contributed by atoms with Crippen molar-refractivity contribution in [3.05, 3.63) is 35.9 Å². The summed E-state index contributed by atoms with van der Waals surface area (Å²) < 4.78 is 5.12. The Morgan fingerprint density at radius 2 is 1.95 bits per heavy atom. The summed E-state index contributed by atoms with van der Waals surface area (Å²) in [6.07, 6.45) is 1.46. The predicted octanol–water partition coefficient (Wildman–Crippen LogP) is 1.73. The van der Waals surface area contributed by atoms with E-state index in [1.807, 2.05) is 30.3 Å². The molecule has 0 aromatic heterocycles. The lowest BCUT2D eigenvalue weighted by Crippen LogP contribution is -2.49. The molecule has 0 aliphatic heterocycles. The topological polar surface area (TPSA) is 64.3 Å². The van der Waals surface area contributed by atoms with E-state index >= 15 is 0 Å². The van der Waals surface area contributed by atoms with Crippen molar-refractivity contribution in [3.63, 3.8) is 0 Å². The summed E-state index contributed by atoms with van der Waals surface area (Å²) in [5.41, 5.74) is 7.16. The maximum Gasteiger partial charge on any atom is 0.237 e. The van der Waals surface area contributed by atoms with Crippen molar-refractivity contribution in [2.24, 2.45) is 11.7 Å². The Morgan fingerprint density at radius 1 is 1.30 bits per heavy atom. The Labute approximate surface area is 121 Å². The van der Waals surface area contributed by atoms with Crippen LogP contribution in [0.15, 0.2) is 30.3 Å². The van der Waals surface area contributed by atoms with Crippen molar-refractivity contribution < 1.29 is 9.53 Å². The van der Waals surface area contributed by atoms with E-state index in [0.29, 0.717) is 18.9 Å². The van der Waals surface area contributed by atoms with Crippen LogP contribution in [0.1, 0.15) is 25.8 Å². The number of hydrogen-bond donors (Lipinski definition) is 2. The molecule has 2 atom stereocenters. The first-order valence-electron chi connectivity index (χ1n) is 7.13. The zero-order valence-electron chi connectivity index (χ0n) is 12.6. The van der Waals surface area contributed by atoms with E-state index < -0.39 is 6.04 Å². The molecule has 0 fully saturated rings. The third-order valence-electron chi connectivity index (χ3n) is 3.40. The molecule has 0 radical (unpaired) electrons. The van der Waals surface area contributed by atoms with Crippen molar-refractivity contribution in [2.45, 2.75) is 38.8 Å². The number of nitrogens with two attached hydrogens (primary N) is 1. The second-order valence-corrected chi connectivity index (χ2v) is 5.45. The average molecular weight is 278 g/mol. The number of rotatable bonds is 8. The van der Waals surface area contributed by atoms with E-state index in [-0.39, 0.29) is 11.9 Å². The lowest BCUT2D eigenvalue weighted by Gasteiger charge is -2.23. The number of carbonyl (C=O) groups excluding carboxylic acids is 1. The SMILES string of the molecule is COCC(NC(=O)[C@@H](N)CCc1ccccc1)C(C)C. The fourth-order valence-corrected chi connectivity index (χ4v) is 1.97. The fraction of sp³-hybridized carbons (Fsp3) is 0.562. The quantitative estimate of drug-likeness (QED) is 0.761. The Morgan fingerprint density at radius 3 is 2.50 bits per heavy atom. The summed E-state index contributed by atoms with van der Waals surface area (Å²) in [6, 6.07) is 9.60. The molecule has 3 N–H and O–H groups in total. The smallest absolute Gasteiger partial charge is 0.237 e. The molecule has 1 aromatic rings. The minimum atomic E-state index is -0.478. The van der Waals surface area contributed by atoms with Gasteiger partial charge in [0.1, 0.15) is 0 Å². The maximum absolute atomic E-state index is 12.1. The Balaban J connectivity index is 2.42. The van der Waals surface area contributed by atoms with Gasteiger partial charge < -0.3 is 15.8 Å². The molecule has 4 nitrogen and oxygen atoms in total. The molecule has 112 valence electrons. The summed E-state index contributed by atoms with van der Waals surface area (Å²) >= 11 is 0. The van der Waals surface area contributed by atoms with Crippen LogP contribution in [0, 0.1) is 5.92 Å². The minimum Gasteiger partial charge on any atom is -0.383 e. The number of aryl methyl sites for hydroxylation is 1. The lowest BCUT2D eigenvalue weighted by atomic mass is 10.0. The normalized spacial score (nSPS) is 14.1. The molecule has 1 amide bonds. The van der Waals surface area contributed by atoms with Gasteiger partial charge in [0.15, 0.2) is 0 Å². The molecule has 0 aliphatic carbocycles. The Kier molecular flexibility index (Phi) is 7.26. The monoisotopic (exact) mass is 278 g/mol. The highest BCUT2D eigenvalue weighted by atomic mass is 16.5. The van der Waals surface area contributed by atoms with Gasteiger partial charge >= 0.3 is 0 Å². The molecule has 0 aliphatic rings. The van der Waals surface area contributed by atoms with Gasteiger partial charge in [-0.1, -0.05) is 44.2 Å². The number of benzene rings is 1. The van der Waals surface area contributed by atoms with Gasteiger partial charge in [-0.15, -0.1) is 0 Å². The van der Waals surface area contributed by atoms with Crippen LogP contribution in [0.25, 0.3) is 0 Å². The van der Waals surface area contributed by atoms with E-state index in [0.717, 1.165) is 6.42 Å². The minimum absolute atomic E-state index is 0.00951. The van der Waals surface area contributed by atoms with E-state index in [9.17, 15) is 4.79 Å². The second-order valence-electron chi connectivity index (χ2n) is 5.45. The van der Waals surface area contributed by atoms with Gasteiger partial charge in [0.05, 0.1) is 18.7 Å². The standard InChI is InChI=1S/C16H26N2O2/c1-12(2)15(11-20-3)18-16(19)14(17)10-9-13-7-5-4-6-8-13/h4-8,12,14-15H,9-11,17H2,1-3H3,(H,18,19)/t14-,15?/m0/s1. The summed E-state index contributed by atoms with van der Waals surface area (Å²) in [5, 5.41) is 2.96. The molecule has 1 unspecified atom stereocenters. The fourth-order valence-electron chi connectivity index (χ4n) is 1.97. The number of carbonyl (C=O) groups is 1. The molecule has 4 heteroatoms. The number of hydrogen-bond acceptors (Lipinski definition) is 3. The van der Waals surface area contributed by atoms with Crippen LogP contribution in [0.4, 0.5) is 0 Å². The van der Waals surface area contributed by atoms with E-state index in [1.165, 1.54) is 5.56 Å². The zero-order chi connectivity index (χ0) is 15.0. The molecule has 20 heavy (non-hydrogen) atoms. The van der Waals surface area contributed by atoms with Gasteiger partial charge in [0.25, 0.3) is 0 Å². The van der Waals surface area contributed by atoms with Gasteiger partial charge in [0.2, 0.25) is 5.91 Å². The van der Waals surface area contributed by atoms with Crippen LogP contribution in [-0.2, 0) is 16.0 Å². The largest absolute Gasteiger partial charge is 0.383 e. The van der Waals surface area contributed by atoms with Crippen molar-refractivity contribution in [1.82, 2.24) is 5.32 Å². The molecule has 0 spiro atoms. The van der Waals surface area contributed by atoms with Crippen LogP contribution in [-0.4, -0.2) is 31.7 Å². The van der Waals surface area contributed by atoms with Gasteiger partial charge in [-0.3, -0.25) is 4.79 Å². The highest BCUT2D eigenvalue weighted by Crippen LogP contribution is 2.06. The Hall–Kier alpha value is -1.39. The number of nitrogens with one attached hydrogen (secondary N) is 1. The first-order chi connectivity index (χ1) is 9.54. The third kappa shape index (κ3) is 5.72. The van der Waals surface area contributed by atoms with Gasteiger partial charge in [-0.25, -0.2) is 0 Å². The summed E-state index contributed by atoms with van der Waals surface area (Å²) in [7, 11) is 1.64. The first kappa shape index (κ1) is 16.7. The molecular weight excluding hydrogens is 252 g/mol. The molecule has 0 saturated carbocycles. The van der Waals surface area contributed by atoms with E-state index in [4.69, 9.17) is 10.5 Å². The predicted molar refractivity (Wildman–Crippen MR) is 81.4 cm³/mol. The maximum atomic E-state index is 12.1. The summed E-state index contributed by atoms with van der Waals surface area (Å²) in [4.78, 5) is 12.1. The average Bonchev–Trinajstić information content (AvgIpc) is 2.45. The second kappa shape index (κ2) is 8.72. The van der Waals surface area contributed by atoms with E-state index in [1.54, 1.807) is 7.11 Å². The van der Waals surface area contributed by atoms with Crippen LogP contribution < -0.4 is 11.1 Å².